The molecule has 25 heavy (non-hydrogen) atoms. The molecule has 7 heteroatoms. The first-order chi connectivity index (χ1) is 11.6. The second kappa shape index (κ2) is 7.29. The summed E-state index contributed by atoms with van der Waals surface area (Å²) < 4.78 is 5.67. The van der Waals surface area contributed by atoms with Gasteiger partial charge in [-0.15, -0.1) is 0 Å². The number of hydrogen-bond acceptors (Lipinski definition) is 4. The van der Waals surface area contributed by atoms with Crippen LogP contribution in [0.1, 0.15) is 45.3 Å². The van der Waals surface area contributed by atoms with Crippen molar-refractivity contribution < 1.29 is 18.8 Å². The van der Waals surface area contributed by atoms with E-state index in [0.717, 1.165) is 5.76 Å². The summed E-state index contributed by atoms with van der Waals surface area (Å²) in [6, 6.07) is 3.38. The zero-order chi connectivity index (χ0) is 18.8. The second-order valence-electron chi connectivity index (χ2n) is 7.43. The van der Waals surface area contributed by atoms with Crippen LogP contribution in [0.4, 0.5) is 0 Å². The molecule has 1 saturated heterocycles. The smallest absolute Gasteiger partial charge is 0.312 e. The molecule has 1 N–H and O–H groups in total. The molecule has 1 aromatic heterocycles. The molecule has 0 aliphatic carbocycles. The molecule has 1 aliphatic heterocycles. The number of carbonyl (C=O) groups excluding carboxylic acids is 3. The van der Waals surface area contributed by atoms with Gasteiger partial charge in [-0.25, -0.2) is 0 Å². The first-order valence-corrected chi connectivity index (χ1v) is 8.57. The van der Waals surface area contributed by atoms with Crippen LogP contribution < -0.4 is 5.32 Å². The maximum Gasteiger partial charge on any atom is 0.312 e. The zero-order valence-corrected chi connectivity index (χ0v) is 15.6. The van der Waals surface area contributed by atoms with E-state index in [-0.39, 0.29) is 23.9 Å². The minimum atomic E-state index is -0.621. The van der Waals surface area contributed by atoms with Crippen molar-refractivity contribution in [3.63, 3.8) is 0 Å². The predicted octanol–water partition coefficient (Wildman–Crippen LogP) is 1.48. The van der Waals surface area contributed by atoms with Crippen molar-refractivity contribution >= 4 is 17.7 Å². The van der Waals surface area contributed by atoms with Gasteiger partial charge in [-0.3, -0.25) is 14.4 Å². The molecule has 1 aliphatic rings. The van der Waals surface area contributed by atoms with Crippen LogP contribution in [0.25, 0.3) is 0 Å². The van der Waals surface area contributed by atoms with Gasteiger partial charge in [0.2, 0.25) is 5.91 Å². The van der Waals surface area contributed by atoms with Crippen molar-refractivity contribution in [3.8, 4) is 0 Å². The maximum absolute atomic E-state index is 12.5. The zero-order valence-electron chi connectivity index (χ0n) is 15.6. The Morgan fingerprint density at radius 1 is 1.20 bits per heavy atom. The van der Waals surface area contributed by atoms with Gasteiger partial charge in [0, 0.05) is 19.6 Å². The molecular weight excluding hydrogens is 322 g/mol. The molecule has 1 atom stereocenters. The highest BCUT2D eigenvalue weighted by Gasteiger charge is 2.35. The number of nitrogens with zero attached hydrogens (tertiary/aromatic N) is 2. The van der Waals surface area contributed by atoms with Crippen LogP contribution in [0.3, 0.4) is 0 Å². The van der Waals surface area contributed by atoms with Gasteiger partial charge in [0.1, 0.15) is 18.1 Å². The van der Waals surface area contributed by atoms with Crippen molar-refractivity contribution in [2.75, 3.05) is 26.2 Å². The minimum absolute atomic E-state index is 0.131. The van der Waals surface area contributed by atoms with Gasteiger partial charge in [-0.05, 0) is 31.4 Å². The van der Waals surface area contributed by atoms with E-state index in [4.69, 9.17) is 4.42 Å². The van der Waals surface area contributed by atoms with Gasteiger partial charge in [-0.1, -0.05) is 20.8 Å². The molecule has 1 fully saturated rings. The SMILES string of the molecule is CCN1CCN(CC(=O)N[C@H](c2ccc(C)o2)C(C)(C)C)C(=O)C1=O. The topological polar surface area (TPSA) is 82.9 Å². The lowest BCUT2D eigenvalue weighted by molar-refractivity contribution is -0.156. The fourth-order valence-electron chi connectivity index (χ4n) is 2.87. The van der Waals surface area contributed by atoms with Gasteiger partial charge in [-0.2, -0.15) is 0 Å². The number of nitrogens with one attached hydrogen (secondary N) is 1. The van der Waals surface area contributed by atoms with E-state index in [2.05, 4.69) is 5.32 Å². The van der Waals surface area contributed by atoms with Crippen LogP contribution in [0, 0.1) is 12.3 Å². The van der Waals surface area contributed by atoms with Crippen molar-refractivity contribution in [1.29, 1.82) is 0 Å². The Morgan fingerprint density at radius 3 is 2.32 bits per heavy atom. The Hall–Kier alpha value is -2.31. The van der Waals surface area contributed by atoms with E-state index in [0.29, 0.717) is 25.4 Å². The fourth-order valence-corrected chi connectivity index (χ4v) is 2.87. The predicted molar refractivity (Wildman–Crippen MR) is 92.6 cm³/mol. The molecule has 2 heterocycles. The third kappa shape index (κ3) is 4.41. The Kier molecular flexibility index (Phi) is 5.55. The summed E-state index contributed by atoms with van der Waals surface area (Å²) in [5, 5.41) is 2.94. The van der Waals surface area contributed by atoms with Crippen LogP contribution in [0.2, 0.25) is 0 Å². The summed E-state index contributed by atoms with van der Waals surface area (Å²) in [5.74, 6) is -0.0217. The fraction of sp³-hybridized carbons (Fsp3) is 0.611. The number of rotatable bonds is 5. The minimum Gasteiger partial charge on any atom is -0.464 e. The normalized spacial score (nSPS) is 17.0. The van der Waals surface area contributed by atoms with Gasteiger partial charge in [0.15, 0.2) is 0 Å². The number of furan rings is 1. The lowest BCUT2D eigenvalue weighted by Crippen LogP contribution is -2.56. The van der Waals surface area contributed by atoms with E-state index in [1.54, 1.807) is 0 Å². The highest BCUT2D eigenvalue weighted by molar-refractivity contribution is 6.35. The maximum atomic E-state index is 12.5. The van der Waals surface area contributed by atoms with Crippen LogP contribution in [-0.2, 0) is 14.4 Å². The number of aryl methyl sites for hydroxylation is 1. The van der Waals surface area contributed by atoms with E-state index in [1.807, 2.05) is 46.8 Å². The summed E-state index contributed by atoms with van der Waals surface area (Å²) in [6.45, 7) is 10.9. The largest absolute Gasteiger partial charge is 0.464 e. The molecule has 7 nitrogen and oxygen atoms in total. The van der Waals surface area contributed by atoms with Gasteiger partial charge in [0.05, 0.1) is 6.04 Å². The molecule has 1 aromatic rings. The number of carbonyl (C=O) groups is 3. The Balaban J connectivity index is 2.05. The number of likely N-dealkylation sites (N-methyl/N-ethyl adjacent to an activating group) is 1. The van der Waals surface area contributed by atoms with E-state index in [1.165, 1.54) is 9.80 Å². The first-order valence-electron chi connectivity index (χ1n) is 8.57. The molecule has 0 radical (unpaired) electrons. The highest BCUT2D eigenvalue weighted by Crippen LogP contribution is 2.33. The van der Waals surface area contributed by atoms with Crippen molar-refractivity contribution in [3.05, 3.63) is 23.7 Å². The summed E-state index contributed by atoms with van der Waals surface area (Å²) in [6.07, 6.45) is 0. The van der Waals surface area contributed by atoms with Crippen LogP contribution in [-0.4, -0.2) is 53.7 Å². The van der Waals surface area contributed by atoms with Gasteiger partial charge in [0.25, 0.3) is 0 Å². The quantitative estimate of drug-likeness (QED) is 0.816. The molecule has 0 spiro atoms. The van der Waals surface area contributed by atoms with E-state index >= 15 is 0 Å². The molecule has 0 unspecified atom stereocenters. The van der Waals surface area contributed by atoms with Crippen molar-refractivity contribution in [2.24, 2.45) is 5.41 Å². The summed E-state index contributed by atoms with van der Waals surface area (Å²) in [7, 11) is 0. The van der Waals surface area contributed by atoms with Gasteiger partial charge >= 0.3 is 11.8 Å². The van der Waals surface area contributed by atoms with Crippen LogP contribution in [0.5, 0.6) is 0 Å². The monoisotopic (exact) mass is 349 g/mol. The lowest BCUT2D eigenvalue weighted by atomic mass is 9.85. The third-order valence-corrected chi connectivity index (χ3v) is 4.33. The van der Waals surface area contributed by atoms with Crippen LogP contribution >= 0.6 is 0 Å². The lowest BCUT2D eigenvalue weighted by Gasteiger charge is -2.34. The van der Waals surface area contributed by atoms with E-state index in [9.17, 15) is 14.4 Å². The van der Waals surface area contributed by atoms with Crippen molar-refractivity contribution in [2.45, 2.75) is 40.7 Å². The van der Waals surface area contributed by atoms with Crippen LogP contribution in [0.15, 0.2) is 16.5 Å². The van der Waals surface area contributed by atoms with Crippen molar-refractivity contribution in [1.82, 2.24) is 15.1 Å². The Morgan fingerprint density at radius 2 is 1.80 bits per heavy atom. The molecular formula is C18H27N3O4. The standard InChI is InChI=1S/C18H27N3O4/c1-6-20-9-10-21(17(24)16(20)23)11-14(22)19-15(18(3,4)5)13-8-7-12(2)25-13/h7-8,15H,6,9-11H2,1-5H3,(H,19,22)/t15-/m1/s1. The van der Waals surface area contributed by atoms with Gasteiger partial charge < -0.3 is 19.5 Å². The second-order valence-corrected chi connectivity index (χ2v) is 7.43. The molecule has 2 rings (SSSR count). The molecule has 0 aromatic carbocycles. The molecule has 3 amide bonds. The Labute approximate surface area is 148 Å². The molecule has 0 bridgehead atoms. The number of piperazine rings is 1. The number of hydrogen-bond donors (Lipinski definition) is 1. The number of amides is 3. The highest BCUT2D eigenvalue weighted by atomic mass is 16.3. The summed E-state index contributed by atoms with van der Waals surface area (Å²) in [5.41, 5.74) is -0.263. The van der Waals surface area contributed by atoms with E-state index < -0.39 is 11.8 Å². The third-order valence-electron chi connectivity index (χ3n) is 4.33. The average Bonchev–Trinajstić information content (AvgIpc) is 2.94. The summed E-state index contributed by atoms with van der Waals surface area (Å²) >= 11 is 0. The first kappa shape index (κ1) is 19.0. The Bertz CT molecular complexity index is 660. The average molecular weight is 349 g/mol. The molecule has 0 saturated carbocycles. The summed E-state index contributed by atoms with van der Waals surface area (Å²) in [4.78, 5) is 39.3. The molecule has 138 valence electrons.